The first-order valence-electron chi connectivity index (χ1n) is 7.64. The molecule has 116 valence electrons. The van der Waals surface area contributed by atoms with E-state index in [2.05, 4.69) is 15.0 Å². The Balaban J connectivity index is 1.69. The number of para-hydroxylation sites is 1. The van der Waals surface area contributed by atoms with Crippen molar-refractivity contribution in [1.29, 1.82) is 0 Å². The summed E-state index contributed by atoms with van der Waals surface area (Å²) in [4.78, 5) is 25.5. The van der Waals surface area contributed by atoms with Crippen LogP contribution < -0.4 is 0 Å². The molecule has 0 unspecified atom stereocenters. The van der Waals surface area contributed by atoms with E-state index in [1.165, 1.54) is 0 Å². The molecule has 0 fully saturated rings. The highest BCUT2D eigenvalue weighted by atomic mass is 16.1. The number of imidazole rings is 1. The average Bonchev–Trinajstić information content (AvgIpc) is 3.06. The molecular weight excluding hydrogens is 300 g/mol. The minimum Gasteiger partial charge on any atom is -0.294 e. The summed E-state index contributed by atoms with van der Waals surface area (Å²) in [5, 5.41) is 0. The van der Waals surface area contributed by atoms with Crippen LogP contribution in [0.3, 0.4) is 0 Å². The van der Waals surface area contributed by atoms with Gasteiger partial charge in [0.1, 0.15) is 17.7 Å². The van der Waals surface area contributed by atoms with Crippen LogP contribution in [-0.4, -0.2) is 25.3 Å². The zero-order chi connectivity index (χ0) is 16.4. The van der Waals surface area contributed by atoms with Gasteiger partial charge in [-0.25, -0.2) is 15.0 Å². The van der Waals surface area contributed by atoms with Crippen LogP contribution in [0.2, 0.25) is 0 Å². The number of hydrogen-bond donors (Lipinski definition) is 0. The van der Waals surface area contributed by atoms with Gasteiger partial charge in [-0.2, -0.15) is 0 Å². The number of hydrogen-bond acceptors (Lipinski definition) is 4. The molecule has 0 N–H and O–H groups in total. The molecule has 0 aliphatic heterocycles. The Hall–Kier alpha value is -3.34. The van der Waals surface area contributed by atoms with Crippen molar-refractivity contribution >= 4 is 16.9 Å². The Morgan fingerprint density at radius 3 is 2.38 bits per heavy atom. The van der Waals surface area contributed by atoms with E-state index in [1.807, 2.05) is 53.1 Å². The van der Waals surface area contributed by atoms with Gasteiger partial charge in [-0.15, -0.1) is 0 Å². The normalized spacial score (nSPS) is 10.8. The summed E-state index contributed by atoms with van der Waals surface area (Å²) in [6.07, 6.45) is 3.55. The molecule has 5 nitrogen and oxygen atoms in total. The summed E-state index contributed by atoms with van der Waals surface area (Å²) in [5.74, 6) is 0.495. The van der Waals surface area contributed by atoms with E-state index in [0.717, 1.165) is 5.69 Å². The maximum atomic E-state index is 12.3. The first kappa shape index (κ1) is 14.3. The second-order valence-electron chi connectivity index (χ2n) is 5.41. The van der Waals surface area contributed by atoms with Crippen LogP contribution in [-0.2, 0) is 6.42 Å². The smallest absolute Gasteiger partial charge is 0.170 e. The van der Waals surface area contributed by atoms with Gasteiger partial charge < -0.3 is 0 Å². The molecule has 0 bridgehead atoms. The Labute approximate surface area is 138 Å². The van der Waals surface area contributed by atoms with Crippen LogP contribution in [0.4, 0.5) is 0 Å². The van der Waals surface area contributed by atoms with E-state index in [-0.39, 0.29) is 12.2 Å². The molecule has 2 aromatic heterocycles. The zero-order valence-electron chi connectivity index (χ0n) is 12.8. The second kappa shape index (κ2) is 6.04. The Kier molecular flexibility index (Phi) is 3.59. The highest BCUT2D eigenvalue weighted by molar-refractivity contribution is 5.97. The van der Waals surface area contributed by atoms with Crippen molar-refractivity contribution in [3.05, 3.63) is 84.6 Å². The van der Waals surface area contributed by atoms with Crippen LogP contribution in [0, 0.1) is 0 Å². The van der Waals surface area contributed by atoms with Crippen molar-refractivity contribution in [3.8, 4) is 5.69 Å². The molecule has 0 saturated heterocycles. The van der Waals surface area contributed by atoms with Crippen LogP contribution in [0.1, 0.15) is 16.2 Å². The minimum atomic E-state index is 0.000673. The summed E-state index contributed by atoms with van der Waals surface area (Å²) in [7, 11) is 0. The molecular formula is C19H14N4O. The third-order valence-corrected chi connectivity index (χ3v) is 3.79. The van der Waals surface area contributed by atoms with Gasteiger partial charge in [0.15, 0.2) is 11.4 Å². The Morgan fingerprint density at radius 2 is 1.62 bits per heavy atom. The van der Waals surface area contributed by atoms with Gasteiger partial charge in [0.05, 0.1) is 12.6 Å². The van der Waals surface area contributed by atoms with Crippen molar-refractivity contribution in [2.75, 3.05) is 0 Å². The van der Waals surface area contributed by atoms with E-state index in [1.54, 1.807) is 24.7 Å². The largest absolute Gasteiger partial charge is 0.294 e. The number of ketones is 1. The van der Waals surface area contributed by atoms with Gasteiger partial charge in [-0.05, 0) is 12.1 Å². The zero-order valence-corrected chi connectivity index (χ0v) is 12.8. The predicted octanol–water partition coefficient (Wildman–Crippen LogP) is 3.24. The van der Waals surface area contributed by atoms with Crippen molar-refractivity contribution < 1.29 is 4.79 Å². The monoisotopic (exact) mass is 314 g/mol. The molecule has 0 atom stereocenters. The molecule has 2 aromatic carbocycles. The molecule has 0 aliphatic carbocycles. The fourth-order valence-corrected chi connectivity index (χ4v) is 2.58. The standard InChI is InChI=1S/C19H14N4O/c24-17(14-7-3-1-4-8-14)11-18-20-12-16-19(22-18)23(13-21-16)15-9-5-2-6-10-15/h1-10,12-13H,11H2. The summed E-state index contributed by atoms with van der Waals surface area (Å²) in [6, 6.07) is 19.0. The van der Waals surface area contributed by atoms with Gasteiger partial charge in [0.2, 0.25) is 0 Å². The number of aromatic nitrogens is 4. The third kappa shape index (κ3) is 2.67. The van der Waals surface area contributed by atoms with E-state index < -0.39 is 0 Å². The molecule has 4 rings (SSSR count). The fourth-order valence-electron chi connectivity index (χ4n) is 2.58. The maximum Gasteiger partial charge on any atom is 0.170 e. The highest BCUT2D eigenvalue weighted by Crippen LogP contribution is 2.16. The maximum absolute atomic E-state index is 12.3. The molecule has 2 heterocycles. The Bertz CT molecular complexity index is 994. The van der Waals surface area contributed by atoms with Crippen molar-refractivity contribution in [3.63, 3.8) is 0 Å². The van der Waals surface area contributed by atoms with Gasteiger partial charge >= 0.3 is 0 Å². The van der Waals surface area contributed by atoms with Crippen molar-refractivity contribution in [2.45, 2.75) is 6.42 Å². The summed E-state index contributed by atoms with van der Waals surface area (Å²) >= 11 is 0. The van der Waals surface area contributed by atoms with E-state index >= 15 is 0 Å². The van der Waals surface area contributed by atoms with Crippen molar-refractivity contribution in [2.24, 2.45) is 0 Å². The summed E-state index contributed by atoms with van der Waals surface area (Å²) in [6.45, 7) is 0. The van der Waals surface area contributed by atoms with Gasteiger partial charge in [-0.3, -0.25) is 9.36 Å². The summed E-state index contributed by atoms with van der Waals surface area (Å²) in [5.41, 5.74) is 3.04. The highest BCUT2D eigenvalue weighted by Gasteiger charge is 2.12. The van der Waals surface area contributed by atoms with Gasteiger partial charge in [0, 0.05) is 11.3 Å². The van der Waals surface area contributed by atoms with Crippen molar-refractivity contribution in [1.82, 2.24) is 19.5 Å². The van der Waals surface area contributed by atoms with E-state index in [4.69, 9.17) is 0 Å². The van der Waals surface area contributed by atoms with Crippen LogP contribution >= 0.6 is 0 Å². The first-order valence-corrected chi connectivity index (χ1v) is 7.64. The molecule has 0 amide bonds. The molecule has 0 aliphatic rings. The number of carbonyl (C=O) groups is 1. The lowest BCUT2D eigenvalue weighted by Crippen LogP contribution is -2.07. The first-order chi connectivity index (χ1) is 11.8. The van der Waals surface area contributed by atoms with Gasteiger partial charge in [-0.1, -0.05) is 48.5 Å². The number of fused-ring (bicyclic) bond motifs is 1. The van der Waals surface area contributed by atoms with Crippen LogP contribution in [0.25, 0.3) is 16.9 Å². The molecule has 5 heteroatoms. The number of nitrogens with zero attached hydrogens (tertiary/aromatic N) is 4. The average molecular weight is 314 g/mol. The fraction of sp³-hybridized carbons (Fsp3) is 0.0526. The quantitative estimate of drug-likeness (QED) is 0.543. The molecule has 0 spiro atoms. The van der Waals surface area contributed by atoms with Crippen LogP contribution in [0.5, 0.6) is 0 Å². The minimum absolute atomic E-state index is 0.000673. The Morgan fingerprint density at radius 1 is 0.917 bits per heavy atom. The van der Waals surface area contributed by atoms with Gasteiger partial charge in [0.25, 0.3) is 0 Å². The molecule has 4 aromatic rings. The number of rotatable bonds is 4. The third-order valence-electron chi connectivity index (χ3n) is 3.79. The second-order valence-corrected chi connectivity index (χ2v) is 5.41. The lowest BCUT2D eigenvalue weighted by atomic mass is 10.1. The molecule has 0 radical (unpaired) electrons. The number of carbonyl (C=O) groups excluding carboxylic acids is 1. The SMILES string of the molecule is O=C(Cc1ncc2ncn(-c3ccccc3)c2n1)c1ccccc1. The summed E-state index contributed by atoms with van der Waals surface area (Å²) < 4.78 is 1.90. The predicted molar refractivity (Wildman–Crippen MR) is 91.1 cm³/mol. The molecule has 0 saturated carbocycles. The molecule has 24 heavy (non-hydrogen) atoms. The number of Topliss-reactive ketones (excluding diaryl/α,β-unsaturated/α-hetero) is 1. The number of benzene rings is 2. The van der Waals surface area contributed by atoms with E-state index in [0.29, 0.717) is 22.6 Å². The lowest BCUT2D eigenvalue weighted by molar-refractivity contribution is 0.0991. The lowest BCUT2D eigenvalue weighted by Gasteiger charge is -2.04. The topological polar surface area (TPSA) is 60.7 Å². The van der Waals surface area contributed by atoms with E-state index in [9.17, 15) is 4.79 Å². The van der Waals surface area contributed by atoms with Crippen LogP contribution in [0.15, 0.2) is 73.2 Å².